The Morgan fingerprint density at radius 1 is 0.422 bits per heavy atom. The quantitative estimate of drug-likeness (QED) is 0.130. The Morgan fingerprint density at radius 3 is 0.467 bits per heavy atom. The number of carbonyl (C=O) groups is 2. The predicted octanol–water partition coefficient (Wildman–Crippen LogP) is 9.21. The first-order valence-corrected chi connectivity index (χ1v) is 12.8. The van der Waals surface area contributed by atoms with Crippen molar-refractivity contribution < 1.29 is 40.2 Å². The molecule has 0 unspecified atom stereocenters. The molecule has 8 nitrogen and oxygen atoms in total. The zero-order chi connectivity index (χ0) is 40.7. The van der Waals surface area contributed by atoms with Gasteiger partial charge in [-0.2, -0.15) is 0 Å². The van der Waals surface area contributed by atoms with E-state index in [-0.39, 0.29) is 37.6 Å². The molecule has 8 heteroatoms. The molecule has 0 aromatic heterocycles. The Bertz CT molecular complexity index is 438. The van der Waals surface area contributed by atoms with Crippen molar-refractivity contribution in [3.8, 4) is 0 Å². The maximum atomic E-state index is 9.60. The smallest absolute Gasteiger partial charge is 0.330 e. The second kappa shape index (κ2) is 214. The first-order valence-electron chi connectivity index (χ1n) is 12.8. The van der Waals surface area contributed by atoms with Gasteiger partial charge in [0, 0.05) is 11.1 Å². The van der Waals surface area contributed by atoms with E-state index in [1.807, 2.05) is 34.6 Å². The number of allylic oxidation sites excluding steroid dienone is 5. The number of hydrogen-bond acceptors (Lipinski definition) is 6. The van der Waals surface area contributed by atoms with E-state index >= 15 is 0 Å². The molecule has 0 spiro atoms. The van der Waals surface area contributed by atoms with Crippen LogP contribution in [-0.2, 0) is 9.59 Å². The molecule has 0 heterocycles. The summed E-state index contributed by atoms with van der Waals surface area (Å²) in [6.45, 7) is 65.0. The second-order valence-electron chi connectivity index (χ2n) is 5.11. The molecule has 270 valence electrons. The summed E-state index contributed by atoms with van der Waals surface area (Å²) in [6.07, 6.45) is 8.75. The standard InChI is InChI=1S/2C4H6O2.5C3H6.2C2H6O2.5C2H4/c2*1-3(2)4(5)6;5*1-3-2;2*3-1-2-4;5*1-2/h2*1H2,2H3,(H,5,6);5*3H,1H2,2H3;2*3-4H,1-2H2;5*1-2H2. The summed E-state index contributed by atoms with van der Waals surface area (Å²) >= 11 is 0. The van der Waals surface area contributed by atoms with Gasteiger partial charge >= 0.3 is 11.9 Å². The third kappa shape index (κ3) is 1760. The van der Waals surface area contributed by atoms with Gasteiger partial charge in [-0.3, -0.25) is 0 Å². The van der Waals surface area contributed by atoms with Crippen LogP contribution in [0.5, 0.6) is 0 Å². The van der Waals surface area contributed by atoms with E-state index in [0.717, 1.165) is 0 Å². The van der Waals surface area contributed by atoms with Crippen LogP contribution in [0, 0.1) is 0 Å². The minimum absolute atomic E-state index is 0.125. The minimum atomic E-state index is -0.935. The van der Waals surface area contributed by atoms with Crippen LogP contribution < -0.4 is 0 Å². The van der Waals surface area contributed by atoms with E-state index in [0.29, 0.717) is 0 Å². The topological polar surface area (TPSA) is 156 Å². The first kappa shape index (κ1) is 90.0. The average Bonchev–Trinajstić information content (AvgIpc) is 3.04. The van der Waals surface area contributed by atoms with Crippen LogP contribution in [0.2, 0.25) is 0 Å². The van der Waals surface area contributed by atoms with E-state index in [4.69, 9.17) is 30.6 Å². The number of aliphatic hydroxyl groups is 4. The molecule has 0 aliphatic heterocycles. The fourth-order valence-corrected chi connectivity index (χ4v) is 0. The third-order valence-corrected chi connectivity index (χ3v) is 0.930. The molecule has 0 aromatic carbocycles. The van der Waals surface area contributed by atoms with E-state index in [1.165, 1.54) is 13.8 Å². The van der Waals surface area contributed by atoms with Crippen molar-refractivity contribution >= 4 is 11.9 Å². The van der Waals surface area contributed by atoms with Crippen molar-refractivity contribution in [3.05, 3.63) is 153 Å². The van der Waals surface area contributed by atoms with Gasteiger partial charge in [-0.1, -0.05) is 43.5 Å². The average molecular weight is 647 g/mol. The molecule has 0 rings (SSSR count). The molecule has 0 fully saturated rings. The monoisotopic (exact) mass is 647 g/mol. The number of carboxylic acids is 2. The Kier molecular flexibility index (Phi) is 427. The van der Waals surface area contributed by atoms with Crippen molar-refractivity contribution in [1.82, 2.24) is 0 Å². The first-order chi connectivity index (χ1) is 21.2. The molecule has 0 aliphatic rings. The molecular formula is C37H74O8. The summed E-state index contributed by atoms with van der Waals surface area (Å²) in [6, 6.07) is 0. The zero-order valence-corrected chi connectivity index (χ0v) is 30.2. The van der Waals surface area contributed by atoms with Crippen molar-refractivity contribution in [2.24, 2.45) is 0 Å². The molecule has 0 radical (unpaired) electrons. The highest BCUT2D eigenvalue weighted by atomic mass is 16.4. The van der Waals surface area contributed by atoms with E-state index < -0.39 is 11.9 Å². The number of hydrogen-bond donors (Lipinski definition) is 6. The molecule has 0 aromatic rings. The molecule has 0 saturated heterocycles. The highest BCUT2D eigenvalue weighted by molar-refractivity contribution is 5.85. The van der Waals surface area contributed by atoms with Crippen LogP contribution in [0.15, 0.2) is 153 Å². The lowest BCUT2D eigenvalue weighted by Gasteiger charge is -1.79. The van der Waals surface area contributed by atoms with Crippen LogP contribution in [-0.4, -0.2) is 69.0 Å². The molecule has 45 heavy (non-hydrogen) atoms. The van der Waals surface area contributed by atoms with Gasteiger partial charge in [0.15, 0.2) is 0 Å². The van der Waals surface area contributed by atoms with E-state index in [2.05, 4.69) is 112 Å². The Balaban J connectivity index is -0.0000000196. The lowest BCUT2D eigenvalue weighted by atomic mass is 10.4. The lowest BCUT2D eigenvalue weighted by Crippen LogP contribution is -1.92. The van der Waals surface area contributed by atoms with E-state index in [9.17, 15) is 9.59 Å². The molecule has 0 saturated carbocycles. The van der Waals surface area contributed by atoms with Crippen molar-refractivity contribution in [3.63, 3.8) is 0 Å². The summed E-state index contributed by atoms with van der Waals surface area (Å²) in [7, 11) is 0. The number of rotatable bonds is 4. The van der Waals surface area contributed by atoms with Gasteiger partial charge in [-0.15, -0.1) is 98.7 Å². The van der Waals surface area contributed by atoms with Crippen LogP contribution >= 0.6 is 0 Å². The number of aliphatic hydroxyl groups excluding tert-OH is 4. The largest absolute Gasteiger partial charge is 0.478 e. The molecule has 0 aliphatic carbocycles. The van der Waals surface area contributed by atoms with E-state index in [1.54, 1.807) is 30.4 Å². The summed E-state index contributed by atoms with van der Waals surface area (Å²) in [4.78, 5) is 19.2. The van der Waals surface area contributed by atoms with Crippen molar-refractivity contribution in [1.29, 1.82) is 0 Å². The Hall–Kier alpha value is -4.34. The van der Waals surface area contributed by atoms with Gasteiger partial charge in [0.05, 0.1) is 26.4 Å². The number of aliphatic carboxylic acids is 2. The fraction of sp³-hybridized carbons (Fsp3) is 0.297. The van der Waals surface area contributed by atoms with Crippen molar-refractivity contribution in [2.45, 2.75) is 48.5 Å². The fourth-order valence-electron chi connectivity index (χ4n) is 0. The predicted molar refractivity (Wildman–Crippen MR) is 209 cm³/mol. The summed E-state index contributed by atoms with van der Waals surface area (Å²) in [5.74, 6) is -1.87. The molecule has 0 bridgehead atoms. The van der Waals surface area contributed by atoms with Gasteiger partial charge in [0.1, 0.15) is 0 Å². The van der Waals surface area contributed by atoms with Gasteiger partial charge in [-0.25, -0.2) is 9.59 Å². The SMILES string of the molecule is C=C.C=C.C=C.C=C.C=C.C=C(C)C(=O)O.C=C(C)C(=O)O.C=CC.C=CC.C=CC.C=CC.C=CC.OCCO.OCCO. The number of carboxylic acid groups (broad SMARTS) is 2. The maximum Gasteiger partial charge on any atom is 0.330 e. The van der Waals surface area contributed by atoms with Crippen LogP contribution in [0.4, 0.5) is 0 Å². The van der Waals surface area contributed by atoms with Crippen molar-refractivity contribution in [2.75, 3.05) is 26.4 Å². The third-order valence-electron chi connectivity index (χ3n) is 0.930. The summed E-state index contributed by atoms with van der Waals surface area (Å²) in [5.41, 5.74) is 0.352. The Morgan fingerprint density at radius 2 is 0.467 bits per heavy atom. The van der Waals surface area contributed by atoms with Gasteiger partial charge < -0.3 is 30.6 Å². The van der Waals surface area contributed by atoms with Gasteiger partial charge in [0.25, 0.3) is 0 Å². The van der Waals surface area contributed by atoms with Crippen LogP contribution in [0.3, 0.4) is 0 Å². The molecule has 0 amide bonds. The Labute approximate surface area is 280 Å². The van der Waals surface area contributed by atoms with Crippen LogP contribution in [0.1, 0.15) is 48.5 Å². The zero-order valence-electron chi connectivity index (χ0n) is 30.2. The van der Waals surface area contributed by atoms with Gasteiger partial charge in [0.2, 0.25) is 0 Å². The summed E-state index contributed by atoms with van der Waals surface area (Å²) in [5, 5.41) is 46.3. The molecule has 0 atom stereocenters. The van der Waals surface area contributed by atoms with Gasteiger partial charge in [-0.05, 0) is 48.5 Å². The highest BCUT2D eigenvalue weighted by Crippen LogP contribution is 1.81. The summed E-state index contributed by atoms with van der Waals surface area (Å²) < 4.78 is 0. The molecule has 6 N–H and O–H groups in total. The maximum absolute atomic E-state index is 9.60. The minimum Gasteiger partial charge on any atom is -0.478 e. The molecular weight excluding hydrogens is 572 g/mol. The highest BCUT2D eigenvalue weighted by Gasteiger charge is 1.90. The second-order valence-corrected chi connectivity index (χ2v) is 5.11. The normalized spacial score (nSPS) is 5.22. The van der Waals surface area contributed by atoms with Crippen LogP contribution in [0.25, 0.3) is 0 Å². The lowest BCUT2D eigenvalue weighted by molar-refractivity contribution is -0.133.